The minimum absolute atomic E-state index is 0.0207. The number of hydrogen-bond acceptors (Lipinski definition) is 7. The maximum absolute atomic E-state index is 10.8. The number of nitrogens with one attached hydrogen (secondary N) is 2. The van der Waals surface area contributed by atoms with E-state index in [1.165, 1.54) is 25.5 Å². The first-order valence-corrected chi connectivity index (χ1v) is 16.0. The number of rotatable bonds is 15. The first kappa shape index (κ1) is 40.6. The van der Waals surface area contributed by atoms with Crippen molar-refractivity contribution >= 4 is 12.6 Å². The molecule has 1 fully saturated rings. The van der Waals surface area contributed by atoms with Crippen LogP contribution >= 0.6 is 12.6 Å². The van der Waals surface area contributed by atoms with Crippen molar-refractivity contribution in [1.82, 2.24) is 25.6 Å². The van der Waals surface area contributed by atoms with Crippen molar-refractivity contribution < 1.29 is 5.11 Å². The third kappa shape index (κ3) is 17.1. The summed E-state index contributed by atoms with van der Waals surface area (Å²) in [6, 6.07) is 6.32. The predicted molar refractivity (Wildman–Crippen MR) is 184 cm³/mol. The first-order valence-electron chi connectivity index (χ1n) is 15.1. The van der Waals surface area contributed by atoms with Crippen LogP contribution in [0.1, 0.15) is 84.8 Å². The quantitative estimate of drug-likeness (QED) is 0.0589. The van der Waals surface area contributed by atoms with E-state index in [0.717, 1.165) is 43.6 Å². The number of likely N-dealkylation sites (N-methyl/N-ethyl adjacent to an activating group) is 1. The number of hydrazine groups is 1. The number of pyridine rings is 1. The van der Waals surface area contributed by atoms with Gasteiger partial charge in [-0.15, -0.1) is 6.42 Å². The average molecular weight is 586 g/mol. The zero-order valence-electron chi connectivity index (χ0n) is 26.9. The van der Waals surface area contributed by atoms with Crippen molar-refractivity contribution in [2.75, 3.05) is 32.9 Å². The van der Waals surface area contributed by atoms with Crippen molar-refractivity contribution in [3.05, 3.63) is 78.9 Å². The summed E-state index contributed by atoms with van der Waals surface area (Å²) in [5.74, 6) is 2.87. The van der Waals surface area contributed by atoms with E-state index in [2.05, 4.69) is 71.3 Å². The number of allylic oxidation sites excluding steroid dienone is 2. The number of thiol groups is 1. The van der Waals surface area contributed by atoms with Crippen molar-refractivity contribution in [2.45, 2.75) is 91.3 Å². The lowest BCUT2D eigenvalue weighted by Gasteiger charge is -2.34. The molecule has 0 bridgehead atoms. The van der Waals surface area contributed by atoms with Crippen molar-refractivity contribution in [2.24, 2.45) is 0 Å². The van der Waals surface area contributed by atoms with E-state index in [1.54, 1.807) is 18.5 Å². The van der Waals surface area contributed by atoms with Crippen LogP contribution in [0.4, 0.5) is 0 Å². The molecule has 0 aromatic carbocycles. The summed E-state index contributed by atoms with van der Waals surface area (Å²) in [7, 11) is 2.05. The molecule has 7 heteroatoms. The molecular formula is C34H59N5OS. The Morgan fingerprint density at radius 3 is 2.37 bits per heavy atom. The largest absolute Gasteiger partial charge is 0.368 e. The maximum Gasteiger partial charge on any atom is 0.166 e. The average Bonchev–Trinajstić information content (AvgIpc) is 3.04. The molecule has 0 saturated heterocycles. The Morgan fingerprint density at radius 2 is 1.85 bits per heavy atom. The highest BCUT2D eigenvalue weighted by atomic mass is 32.1. The van der Waals surface area contributed by atoms with Gasteiger partial charge in [0.1, 0.15) is 0 Å². The van der Waals surface area contributed by atoms with Crippen LogP contribution in [0.2, 0.25) is 0 Å². The van der Waals surface area contributed by atoms with Crippen molar-refractivity contribution in [3.63, 3.8) is 0 Å². The summed E-state index contributed by atoms with van der Waals surface area (Å²) in [6.45, 7) is 20.2. The highest BCUT2D eigenvalue weighted by Crippen LogP contribution is 2.21. The topological polar surface area (TPSA) is 63.7 Å². The van der Waals surface area contributed by atoms with Crippen LogP contribution in [0.25, 0.3) is 0 Å². The second kappa shape index (κ2) is 27.7. The number of nitrogens with zero attached hydrogens (tertiary/aromatic N) is 3. The van der Waals surface area contributed by atoms with E-state index in [4.69, 9.17) is 6.42 Å². The fraction of sp³-hybridized carbons (Fsp3) is 0.559. The van der Waals surface area contributed by atoms with Crippen molar-refractivity contribution in [1.29, 1.82) is 0 Å². The van der Waals surface area contributed by atoms with Gasteiger partial charge in [-0.1, -0.05) is 91.2 Å². The maximum atomic E-state index is 10.8. The van der Waals surface area contributed by atoms with Crippen LogP contribution < -0.4 is 10.7 Å². The molecule has 2 atom stereocenters. The summed E-state index contributed by atoms with van der Waals surface area (Å²) in [6.07, 6.45) is 22.6. The van der Waals surface area contributed by atoms with Gasteiger partial charge < -0.3 is 15.8 Å². The molecule has 1 aliphatic carbocycles. The van der Waals surface area contributed by atoms with Gasteiger partial charge >= 0.3 is 0 Å². The molecule has 0 radical (unpaired) electrons. The van der Waals surface area contributed by atoms with E-state index in [9.17, 15) is 5.11 Å². The lowest BCUT2D eigenvalue weighted by Crippen LogP contribution is -2.47. The molecule has 0 spiro atoms. The summed E-state index contributed by atoms with van der Waals surface area (Å²) >= 11 is 3.53. The van der Waals surface area contributed by atoms with E-state index >= 15 is 0 Å². The summed E-state index contributed by atoms with van der Waals surface area (Å²) in [5.41, 5.74) is 6.09. The van der Waals surface area contributed by atoms with Gasteiger partial charge in [0.25, 0.3) is 0 Å². The second-order valence-corrected chi connectivity index (χ2v) is 9.00. The van der Waals surface area contributed by atoms with Crippen LogP contribution in [-0.2, 0) is 0 Å². The Kier molecular flexibility index (Phi) is 27.4. The second-order valence-electron chi connectivity index (χ2n) is 9.00. The highest BCUT2D eigenvalue weighted by molar-refractivity contribution is 7.79. The van der Waals surface area contributed by atoms with Crippen molar-refractivity contribution in [3.8, 4) is 12.3 Å². The number of terminal acetylenes is 1. The monoisotopic (exact) mass is 585 g/mol. The molecule has 0 amide bonds. The molecular weight excluding hydrogens is 526 g/mol. The molecule has 2 rings (SSSR count). The smallest absolute Gasteiger partial charge is 0.166 e. The molecule has 1 aromatic rings. The van der Waals surface area contributed by atoms with Crippen LogP contribution in [0.3, 0.4) is 0 Å². The van der Waals surface area contributed by atoms with Crippen LogP contribution in [0.5, 0.6) is 0 Å². The Labute approximate surface area is 258 Å². The van der Waals surface area contributed by atoms with Crippen LogP contribution in [0.15, 0.2) is 73.3 Å². The van der Waals surface area contributed by atoms with Gasteiger partial charge in [-0.25, -0.2) is 5.01 Å². The Morgan fingerprint density at radius 1 is 1.20 bits per heavy atom. The van der Waals surface area contributed by atoms with Gasteiger partial charge in [0.15, 0.2) is 6.23 Å². The Hall–Kier alpha value is -2.50. The minimum atomic E-state index is -0.892. The van der Waals surface area contributed by atoms with E-state index in [-0.39, 0.29) is 5.92 Å². The van der Waals surface area contributed by atoms with Crippen LogP contribution in [0, 0.1) is 12.3 Å². The number of aromatic nitrogens is 1. The zero-order chi connectivity index (χ0) is 31.5. The van der Waals surface area contributed by atoms with Crippen LogP contribution in [-0.4, -0.2) is 65.2 Å². The molecule has 1 aromatic heterocycles. The Bertz CT molecular complexity index is 875. The van der Waals surface area contributed by atoms with E-state index < -0.39 is 6.23 Å². The van der Waals surface area contributed by atoms with E-state index in [1.807, 2.05) is 58.0 Å². The zero-order valence-corrected chi connectivity index (χ0v) is 27.8. The van der Waals surface area contributed by atoms with Gasteiger partial charge in [0.05, 0.1) is 17.3 Å². The predicted octanol–water partition coefficient (Wildman–Crippen LogP) is 6.93. The lowest BCUT2D eigenvalue weighted by atomic mass is 9.95. The highest BCUT2D eigenvalue weighted by Gasteiger charge is 2.21. The van der Waals surface area contributed by atoms with Gasteiger partial charge in [0.2, 0.25) is 0 Å². The SMILES string of the molecule is C#CC(CCN(CC)CC(=C\C=C)/C=C(/NN(C)C1CCCCC1)C(O)NC=C)c1ccccn1.CC.CC.CS. The normalized spacial score (nSPS) is 15.0. The molecule has 0 aliphatic heterocycles. The minimum Gasteiger partial charge on any atom is -0.368 e. The Balaban J connectivity index is 0. The first-order chi connectivity index (χ1) is 20.0. The number of hydrogen-bond donors (Lipinski definition) is 4. The summed E-state index contributed by atoms with van der Waals surface area (Å²) < 4.78 is 0. The summed E-state index contributed by atoms with van der Waals surface area (Å²) in [5, 5.41) is 15.8. The van der Waals surface area contributed by atoms with Gasteiger partial charge in [0, 0.05) is 32.4 Å². The van der Waals surface area contributed by atoms with Gasteiger partial charge in [-0.05, 0) is 62.0 Å². The third-order valence-electron chi connectivity index (χ3n) is 6.50. The molecule has 232 valence electrons. The molecule has 1 aliphatic rings. The summed E-state index contributed by atoms with van der Waals surface area (Å²) in [4.78, 5) is 6.78. The standard InChI is InChI=1S/C29H43N5O.2C2H6.CH4S/c1-6-15-24(23-34(9-4)21-19-25(7-2)27-18-13-14-20-31-27)22-28(29(35)30-8-3)32-33(5)26-16-11-10-12-17-26;3*1-2/h2,6,8,13-15,18,20,22,25-26,29-30,32,35H,1,3,9-12,16-17,19,21,23H2,4-5H3;2*1-2H3;2H,1H3/b24-15-,28-22+;;;. The molecule has 1 heterocycles. The molecule has 41 heavy (non-hydrogen) atoms. The molecule has 1 saturated carbocycles. The number of aliphatic hydroxyl groups excluding tert-OH is 1. The fourth-order valence-electron chi connectivity index (χ4n) is 4.45. The van der Waals surface area contributed by atoms with Gasteiger partial charge in [-0.3, -0.25) is 9.88 Å². The molecule has 6 nitrogen and oxygen atoms in total. The van der Waals surface area contributed by atoms with Gasteiger partial charge in [-0.2, -0.15) is 12.6 Å². The van der Waals surface area contributed by atoms with E-state index in [0.29, 0.717) is 18.3 Å². The lowest BCUT2D eigenvalue weighted by molar-refractivity contribution is 0.110. The number of aliphatic hydroxyl groups is 1. The third-order valence-corrected chi connectivity index (χ3v) is 6.50. The fourth-order valence-corrected chi connectivity index (χ4v) is 4.45. The molecule has 3 N–H and O–H groups in total. The molecule has 2 unspecified atom stereocenters.